The van der Waals surface area contributed by atoms with Crippen molar-refractivity contribution >= 4 is 24.1 Å². The smallest absolute Gasteiger partial charge is 0.319 e. The Labute approximate surface area is 166 Å². The van der Waals surface area contributed by atoms with Gasteiger partial charge in [0.05, 0.1) is 18.8 Å². The van der Waals surface area contributed by atoms with E-state index in [-0.39, 0.29) is 43.7 Å². The fourth-order valence-corrected chi connectivity index (χ4v) is 3.81. The highest BCUT2D eigenvalue weighted by Gasteiger charge is 2.46. The van der Waals surface area contributed by atoms with Gasteiger partial charge in [-0.25, -0.2) is 4.79 Å². The summed E-state index contributed by atoms with van der Waals surface area (Å²) in [7, 11) is 0. The molecule has 0 bridgehead atoms. The number of hydrogen-bond donors (Lipinski definition) is 4. The second kappa shape index (κ2) is 10.2. The van der Waals surface area contributed by atoms with Gasteiger partial charge in [-0.1, -0.05) is 25.1 Å². The molecule has 1 aromatic carbocycles. The number of aliphatic hydroxyl groups is 2. The van der Waals surface area contributed by atoms with Gasteiger partial charge in [-0.2, -0.15) is 0 Å². The predicted molar refractivity (Wildman–Crippen MR) is 106 cm³/mol. The summed E-state index contributed by atoms with van der Waals surface area (Å²) in [6.45, 7) is 4.09. The lowest BCUT2D eigenvalue weighted by molar-refractivity contribution is -0.0205. The van der Waals surface area contributed by atoms with Crippen molar-refractivity contribution in [2.75, 3.05) is 31.6 Å². The molecule has 8 heteroatoms. The molecular formula is C19H30ClN3O4. The van der Waals surface area contributed by atoms with E-state index in [1.807, 2.05) is 30.3 Å². The Balaban J connectivity index is 0.00000261. The van der Waals surface area contributed by atoms with Crippen LogP contribution in [0.1, 0.15) is 19.8 Å². The lowest BCUT2D eigenvalue weighted by Crippen LogP contribution is -2.53. The number of rotatable bonds is 5. The van der Waals surface area contributed by atoms with E-state index in [0.29, 0.717) is 11.6 Å². The van der Waals surface area contributed by atoms with Crippen LogP contribution in [0.4, 0.5) is 10.5 Å². The summed E-state index contributed by atoms with van der Waals surface area (Å²) in [4.78, 5) is 14.4. The van der Waals surface area contributed by atoms with Crippen molar-refractivity contribution in [2.45, 2.75) is 44.1 Å². The van der Waals surface area contributed by atoms with Crippen LogP contribution in [0, 0.1) is 5.92 Å². The van der Waals surface area contributed by atoms with Crippen LogP contribution in [0.15, 0.2) is 30.3 Å². The Morgan fingerprint density at radius 2 is 1.89 bits per heavy atom. The Morgan fingerprint density at radius 3 is 2.52 bits per heavy atom. The van der Waals surface area contributed by atoms with Crippen molar-refractivity contribution in [3.8, 4) is 0 Å². The number of nitrogens with zero attached hydrogens (tertiary/aromatic N) is 1. The second-order valence-electron chi connectivity index (χ2n) is 7.30. The molecule has 152 valence electrons. The van der Waals surface area contributed by atoms with Crippen molar-refractivity contribution in [3.05, 3.63) is 30.3 Å². The maximum atomic E-state index is 12.1. The zero-order valence-corrected chi connectivity index (χ0v) is 16.4. The molecule has 2 saturated heterocycles. The number of likely N-dealkylation sites (tertiary alicyclic amines) is 1. The van der Waals surface area contributed by atoms with Crippen molar-refractivity contribution in [2.24, 2.45) is 5.92 Å². The Morgan fingerprint density at radius 1 is 1.22 bits per heavy atom. The van der Waals surface area contributed by atoms with Gasteiger partial charge in [-0.05, 0) is 44.0 Å². The van der Waals surface area contributed by atoms with Gasteiger partial charge < -0.3 is 25.6 Å². The Hall–Kier alpha value is -1.38. The minimum Gasteiger partial charge on any atom is -0.394 e. The topological polar surface area (TPSA) is 94.1 Å². The van der Waals surface area contributed by atoms with Crippen molar-refractivity contribution < 1.29 is 19.7 Å². The number of benzene rings is 1. The number of hydrogen-bond acceptors (Lipinski definition) is 5. The fraction of sp³-hybridized carbons (Fsp3) is 0.632. The lowest BCUT2D eigenvalue weighted by atomic mass is 9.94. The van der Waals surface area contributed by atoms with Crippen LogP contribution >= 0.6 is 12.4 Å². The third-order valence-electron chi connectivity index (χ3n) is 5.38. The minimum atomic E-state index is -0.752. The number of para-hydroxylation sites is 1. The van der Waals surface area contributed by atoms with Gasteiger partial charge in [-0.3, -0.25) is 4.90 Å². The van der Waals surface area contributed by atoms with Crippen LogP contribution in [-0.4, -0.2) is 71.7 Å². The SMILES string of the molecule is CC1CCN([C@@H]2[C@H](O)[C@H](CO)O[C@@H]2CNC(=O)Nc2ccccc2)CC1.Cl. The van der Waals surface area contributed by atoms with E-state index in [9.17, 15) is 15.0 Å². The van der Waals surface area contributed by atoms with Crippen LogP contribution < -0.4 is 10.6 Å². The number of aliphatic hydroxyl groups excluding tert-OH is 2. The minimum absolute atomic E-state index is 0. The number of amides is 2. The summed E-state index contributed by atoms with van der Waals surface area (Å²) in [6.07, 6.45) is 0.460. The van der Waals surface area contributed by atoms with Gasteiger partial charge in [-0.15, -0.1) is 12.4 Å². The molecular weight excluding hydrogens is 370 g/mol. The number of urea groups is 1. The van der Waals surface area contributed by atoms with E-state index >= 15 is 0 Å². The zero-order chi connectivity index (χ0) is 18.5. The summed E-state index contributed by atoms with van der Waals surface area (Å²) in [6, 6.07) is 8.69. The summed E-state index contributed by atoms with van der Waals surface area (Å²) in [5.41, 5.74) is 0.715. The molecule has 1 aromatic rings. The average Bonchev–Trinajstić information content (AvgIpc) is 2.97. The second-order valence-corrected chi connectivity index (χ2v) is 7.30. The monoisotopic (exact) mass is 399 g/mol. The molecule has 0 saturated carbocycles. The molecule has 2 aliphatic rings. The number of carbonyl (C=O) groups is 1. The fourth-order valence-electron chi connectivity index (χ4n) is 3.81. The van der Waals surface area contributed by atoms with Crippen LogP contribution in [0.3, 0.4) is 0 Å². The summed E-state index contributed by atoms with van der Waals surface area (Å²) < 4.78 is 5.83. The molecule has 7 nitrogen and oxygen atoms in total. The van der Waals surface area contributed by atoms with Gasteiger partial charge in [0.25, 0.3) is 0 Å². The van der Waals surface area contributed by atoms with E-state index in [2.05, 4.69) is 22.5 Å². The first kappa shape index (κ1) is 21.9. The largest absolute Gasteiger partial charge is 0.394 e. The molecule has 2 aliphatic heterocycles. The van der Waals surface area contributed by atoms with Gasteiger partial charge in [0.15, 0.2) is 0 Å². The molecule has 4 N–H and O–H groups in total. The first-order valence-corrected chi connectivity index (χ1v) is 9.37. The quantitative estimate of drug-likeness (QED) is 0.601. The number of carbonyl (C=O) groups excluding carboxylic acids is 1. The van der Waals surface area contributed by atoms with Crippen LogP contribution in [0.5, 0.6) is 0 Å². The molecule has 0 aromatic heterocycles. The van der Waals surface area contributed by atoms with Crippen molar-refractivity contribution in [1.29, 1.82) is 0 Å². The van der Waals surface area contributed by atoms with Crippen LogP contribution in [-0.2, 0) is 4.74 Å². The summed E-state index contributed by atoms with van der Waals surface area (Å²) in [5, 5.41) is 25.7. The van der Waals surface area contributed by atoms with Crippen molar-refractivity contribution in [3.63, 3.8) is 0 Å². The first-order chi connectivity index (χ1) is 12.6. The predicted octanol–water partition coefficient (Wildman–Crippen LogP) is 1.45. The van der Waals surface area contributed by atoms with Crippen LogP contribution in [0.25, 0.3) is 0 Å². The molecule has 0 unspecified atom stereocenters. The highest BCUT2D eigenvalue weighted by Crippen LogP contribution is 2.29. The number of piperidine rings is 1. The summed E-state index contributed by atoms with van der Waals surface area (Å²) in [5.74, 6) is 0.688. The van der Waals surface area contributed by atoms with Gasteiger partial charge >= 0.3 is 6.03 Å². The standard InChI is InChI=1S/C19H29N3O4.ClH/c1-13-7-9-22(10-8-13)17-15(26-16(12-23)18(17)24)11-20-19(25)21-14-5-3-2-4-6-14;/h2-6,13,15-18,23-24H,7-12H2,1H3,(H2,20,21,25);1H/t15-,16+,17+,18-;/m1./s1. The zero-order valence-electron chi connectivity index (χ0n) is 15.6. The van der Waals surface area contributed by atoms with E-state index < -0.39 is 12.2 Å². The van der Waals surface area contributed by atoms with E-state index in [4.69, 9.17) is 4.74 Å². The molecule has 2 amide bonds. The highest BCUT2D eigenvalue weighted by molar-refractivity contribution is 5.89. The highest BCUT2D eigenvalue weighted by atomic mass is 35.5. The number of halogens is 1. The maximum absolute atomic E-state index is 12.1. The van der Waals surface area contributed by atoms with E-state index in [0.717, 1.165) is 25.9 Å². The molecule has 27 heavy (non-hydrogen) atoms. The third kappa shape index (κ3) is 5.56. The normalized spacial score (nSPS) is 29.1. The molecule has 2 fully saturated rings. The Bertz CT molecular complexity index is 584. The molecule has 0 spiro atoms. The Kier molecular flexibility index (Phi) is 8.31. The molecule has 0 radical (unpaired) electrons. The molecule has 0 aliphatic carbocycles. The maximum Gasteiger partial charge on any atom is 0.319 e. The van der Waals surface area contributed by atoms with E-state index in [1.165, 1.54) is 0 Å². The van der Waals surface area contributed by atoms with Crippen molar-refractivity contribution in [1.82, 2.24) is 10.2 Å². The number of ether oxygens (including phenoxy) is 1. The molecule has 2 heterocycles. The number of anilines is 1. The first-order valence-electron chi connectivity index (χ1n) is 9.37. The average molecular weight is 400 g/mol. The number of nitrogens with one attached hydrogen (secondary N) is 2. The molecule has 3 rings (SSSR count). The van der Waals surface area contributed by atoms with Crippen LogP contribution in [0.2, 0.25) is 0 Å². The summed E-state index contributed by atoms with van der Waals surface area (Å²) >= 11 is 0. The lowest BCUT2D eigenvalue weighted by Gasteiger charge is -2.38. The van der Waals surface area contributed by atoms with Gasteiger partial charge in [0.2, 0.25) is 0 Å². The van der Waals surface area contributed by atoms with Gasteiger partial charge in [0.1, 0.15) is 12.2 Å². The van der Waals surface area contributed by atoms with Gasteiger partial charge in [0, 0.05) is 12.2 Å². The van der Waals surface area contributed by atoms with E-state index in [1.54, 1.807) is 0 Å². The molecule has 4 atom stereocenters. The third-order valence-corrected chi connectivity index (χ3v) is 5.38.